The first-order valence-electron chi connectivity index (χ1n) is 7.33. The van der Waals surface area contributed by atoms with E-state index in [2.05, 4.69) is 15.6 Å². The Kier molecular flexibility index (Phi) is 5.05. The van der Waals surface area contributed by atoms with Crippen LogP contribution in [0.4, 0.5) is 5.69 Å². The highest BCUT2D eigenvalue weighted by atomic mass is 35.5. The second-order valence-corrected chi connectivity index (χ2v) is 6.71. The minimum atomic E-state index is -0.477. The molecule has 0 aliphatic rings. The maximum Gasteiger partial charge on any atom is 0.241 e. The second kappa shape index (κ2) is 6.85. The molecule has 124 valence electrons. The monoisotopic (exact) mass is 343 g/mol. The third-order valence-corrected chi connectivity index (χ3v) is 3.41. The number of ketones is 1. The number of nitrogens with zero attached hydrogens (tertiary/aromatic N) is 4. The summed E-state index contributed by atoms with van der Waals surface area (Å²) in [4.78, 5) is 12.7. The quantitative estimate of drug-likeness (QED) is 0.520. The number of carbonyl (C=O) groups excluding carboxylic acids is 1. The van der Waals surface area contributed by atoms with Crippen LogP contribution in [0.15, 0.2) is 35.4 Å². The summed E-state index contributed by atoms with van der Waals surface area (Å²) in [7, 11) is 0. The van der Waals surface area contributed by atoms with Crippen molar-refractivity contribution in [1.29, 1.82) is 5.26 Å². The first-order chi connectivity index (χ1) is 11.2. The van der Waals surface area contributed by atoms with E-state index >= 15 is 0 Å². The van der Waals surface area contributed by atoms with Crippen LogP contribution in [-0.2, 0) is 5.54 Å². The molecule has 0 saturated carbocycles. The number of hydrogen-bond acceptors (Lipinski definition) is 5. The van der Waals surface area contributed by atoms with Crippen molar-refractivity contribution in [3.8, 4) is 6.07 Å². The van der Waals surface area contributed by atoms with E-state index in [1.165, 1.54) is 0 Å². The van der Waals surface area contributed by atoms with Gasteiger partial charge in [-0.25, -0.2) is 0 Å². The number of aryl methyl sites for hydroxylation is 1. The zero-order valence-corrected chi connectivity index (χ0v) is 14.7. The number of halogens is 1. The van der Waals surface area contributed by atoms with Crippen LogP contribution >= 0.6 is 11.6 Å². The number of carbonyl (C=O) groups is 1. The van der Waals surface area contributed by atoms with Crippen molar-refractivity contribution in [3.05, 3.63) is 46.7 Å². The molecular formula is C17H18ClN5O. The van der Waals surface area contributed by atoms with Crippen LogP contribution in [-0.4, -0.2) is 21.3 Å². The Labute approximate surface area is 145 Å². The fourth-order valence-corrected chi connectivity index (χ4v) is 2.19. The van der Waals surface area contributed by atoms with Crippen LogP contribution < -0.4 is 5.43 Å². The lowest BCUT2D eigenvalue weighted by atomic mass is 10.1. The normalized spacial score (nSPS) is 11.9. The number of benzene rings is 1. The van der Waals surface area contributed by atoms with Crippen LogP contribution in [0.25, 0.3) is 0 Å². The molecule has 0 bridgehead atoms. The predicted octanol–water partition coefficient (Wildman–Crippen LogP) is 3.77. The molecule has 0 unspecified atom stereocenters. The number of nitrogens with one attached hydrogen (secondary N) is 1. The third kappa shape index (κ3) is 4.00. The lowest BCUT2D eigenvalue weighted by Crippen LogP contribution is -2.29. The molecule has 0 amide bonds. The minimum Gasteiger partial charge on any atom is -0.284 e. The Morgan fingerprint density at radius 1 is 1.33 bits per heavy atom. The zero-order chi connectivity index (χ0) is 17.9. The van der Waals surface area contributed by atoms with Gasteiger partial charge in [-0.05, 0) is 58.0 Å². The molecule has 0 aliphatic heterocycles. The van der Waals surface area contributed by atoms with Crippen LogP contribution in [0.5, 0.6) is 0 Å². The van der Waals surface area contributed by atoms with Gasteiger partial charge in [-0.15, -0.1) is 0 Å². The molecule has 0 atom stereocenters. The zero-order valence-electron chi connectivity index (χ0n) is 14.0. The van der Waals surface area contributed by atoms with E-state index in [0.717, 1.165) is 0 Å². The van der Waals surface area contributed by atoms with E-state index in [1.54, 1.807) is 41.9 Å². The van der Waals surface area contributed by atoms with Gasteiger partial charge in [-0.2, -0.15) is 15.5 Å². The average molecular weight is 344 g/mol. The summed E-state index contributed by atoms with van der Waals surface area (Å²) in [6.45, 7) is 7.61. The van der Waals surface area contributed by atoms with Crippen molar-refractivity contribution < 1.29 is 4.79 Å². The Bertz CT molecular complexity index is 822. The summed E-state index contributed by atoms with van der Waals surface area (Å²) in [5, 5.41) is 18.1. The number of hydrazone groups is 1. The van der Waals surface area contributed by atoms with Crippen molar-refractivity contribution >= 4 is 28.8 Å². The Morgan fingerprint density at radius 3 is 2.50 bits per heavy atom. The molecule has 24 heavy (non-hydrogen) atoms. The Hall–Kier alpha value is -2.65. The summed E-state index contributed by atoms with van der Waals surface area (Å²) in [6.07, 6.45) is 0. The fraction of sp³-hybridized carbons (Fsp3) is 0.294. The van der Waals surface area contributed by atoms with E-state index < -0.39 is 5.78 Å². The summed E-state index contributed by atoms with van der Waals surface area (Å²) in [5.74, 6) is -0.477. The van der Waals surface area contributed by atoms with Gasteiger partial charge in [0.05, 0.1) is 16.9 Å². The van der Waals surface area contributed by atoms with Gasteiger partial charge in [0.1, 0.15) is 11.8 Å². The maximum atomic E-state index is 12.7. The molecular weight excluding hydrogens is 326 g/mol. The highest BCUT2D eigenvalue weighted by molar-refractivity contribution is 6.51. The summed E-state index contributed by atoms with van der Waals surface area (Å²) < 4.78 is 1.61. The van der Waals surface area contributed by atoms with Gasteiger partial charge in [0.25, 0.3) is 0 Å². The van der Waals surface area contributed by atoms with Gasteiger partial charge < -0.3 is 0 Å². The highest BCUT2D eigenvalue weighted by Gasteiger charge is 2.25. The van der Waals surface area contributed by atoms with Crippen LogP contribution in [0.2, 0.25) is 5.02 Å². The van der Waals surface area contributed by atoms with Crippen molar-refractivity contribution in [1.82, 2.24) is 9.78 Å². The van der Waals surface area contributed by atoms with Gasteiger partial charge in [-0.1, -0.05) is 11.6 Å². The number of Topliss-reactive ketones (excluding diaryl/α,β-unsaturated/α-hetero) is 1. The van der Waals surface area contributed by atoms with Gasteiger partial charge in [0.2, 0.25) is 11.5 Å². The third-order valence-electron chi connectivity index (χ3n) is 3.16. The molecule has 1 aromatic heterocycles. The summed E-state index contributed by atoms with van der Waals surface area (Å²) >= 11 is 5.81. The van der Waals surface area contributed by atoms with E-state index in [0.29, 0.717) is 22.1 Å². The first kappa shape index (κ1) is 17.7. The number of anilines is 1. The molecule has 0 fully saturated rings. The first-order valence-corrected chi connectivity index (χ1v) is 7.71. The van der Waals surface area contributed by atoms with Gasteiger partial charge >= 0.3 is 0 Å². The largest absolute Gasteiger partial charge is 0.284 e. The minimum absolute atomic E-state index is 0.240. The smallest absolute Gasteiger partial charge is 0.241 e. The Balaban J connectivity index is 2.31. The second-order valence-electron chi connectivity index (χ2n) is 6.27. The molecule has 0 radical (unpaired) electrons. The van der Waals surface area contributed by atoms with Gasteiger partial charge in [-0.3, -0.25) is 14.9 Å². The van der Waals surface area contributed by atoms with Crippen LogP contribution in [0.3, 0.4) is 0 Å². The molecule has 6 nitrogen and oxygen atoms in total. The van der Waals surface area contributed by atoms with Crippen molar-refractivity contribution in [3.63, 3.8) is 0 Å². The molecule has 7 heteroatoms. The van der Waals surface area contributed by atoms with Crippen molar-refractivity contribution in [2.45, 2.75) is 33.2 Å². The van der Waals surface area contributed by atoms with E-state index in [1.807, 2.05) is 26.8 Å². The van der Waals surface area contributed by atoms with Gasteiger partial charge in [0, 0.05) is 5.02 Å². The summed E-state index contributed by atoms with van der Waals surface area (Å²) in [5.41, 5.74) is 3.73. The lowest BCUT2D eigenvalue weighted by molar-refractivity contribution is 0.105. The molecule has 1 aromatic carbocycles. The maximum absolute atomic E-state index is 12.7. The number of nitriles is 1. The standard InChI is InChI=1S/C17H18ClN5O/c1-11-9-15(23(22-11)17(2,3)4)16(24)14(10-19)21-20-13-7-5-12(18)6-8-13/h5-9,20H,1-4H3/b21-14+. The van der Waals surface area contributed by atoms with E-state index in [4.69, 9.17) is 11.6 Å². The highest BCUT2D eigenvalue weighted by Crippen LogP contribution is 2.18. The number of rotatable bonds is 4. The lowest BCUT2D eigenvalue weighted by Gasteiger charge is -2.21. The number of hydrogen-bond donors (Lipinski definition) is 1. The number of aromatic nitrogens is 2. The van der Waals surface area contributed by atoms with Crippen molar-refractivity contribution in [2.24, 2.45) is 5.10 Å². The Morgan fingerprint density at radius 2 is 1.96 bits per heavy atom. The molecule has 0 saturated heterocycles. The predicted molar refractivity (Wildman–Crippen MR) is 94.4 cm³/mol. The molecule has 2 aromatic rings. The topological polar surface area (TPSA) is 83.1 Å². The molecule has 2 rings (SSSR count). The van der Waals surface area contributed by atoms with Crippen LogP contribution in [0, 0.1) is 18.3 Å². The van der Waals surface area contributed by atoms with Gasteiger partial charge in [0.15, 0.2) is 0 Å². The molecule has 0 aliphatic carbocycles. The summed E-state index contributed by atoms with van der Waals surface area (Å²) in [6, 6.07) is 10.3. The SMILES string of the molecule is Cc1cc(C(=O)/C(C#N)=N/Nc2ccc(Cl)cc2)n(C(C)(C)C)n1. The fourth-order valence-electron chi connectivity index (χ4n) is 2.07. The average Bonchev–Trinajstić information content (AvgIpc) is 2.91. The van der Waals surface area contributed by atoms with Crippen molar-refractivity contribution in [2.75, 3.05) is 5.43 Å². The molecule has 1 N–H and O–H groups in total. The van der Waals surface area contributed by atoms with E-state index in [9.17, 15) is 10.1 Å². The van der Waals surface area contributed by atoms with E-state index in [-0.39, 0.29) is 11.3 Å². The molecule has 0 spiro atoms. The van der Waals surface area contributed by atoms with Crippen LogP contribution in [0.1, 0.15) is 37.0 Å². The molecule has 1 heterocycles.